The number of aryl methyl sites for hydroxylation is 2. The topological polar surface area (TPSA) is 58.4 Å². The number of hydrogen-bond acceptors (Lipinski definition) is 4. The predicted molar refractivity (Wildman–Crippen MR) is 68.1 cm³/mol. The van der Waals surface area contributed by atoms with Crippen LogP contribution in [-0.2, 0) is 11.3 Å². The van der Waals surface area contributed by atoms with Gasteiger partial charge in [0, 0.05) is 12.6 Å². The molecule has 2 rings (SSSR count). The number of carbonyl (C=O) groups excluding carboxylic acids is 1. The SMILES string of the molecule is Cc1noc(C)c1CN(C)C(=O)[C@H]1CCCCN1. The van der Waals surface area contributed by atoms with Crippen LogP contribution in [0.3, 0.4) is 0 Å². The Kier molecular flexibility index (Phi) is 4.01. The molecule has 5 nitrogen and oxygen atoms in total. The molecule has 1 atom stereocenters. The van der Waals surface area contributed by atoms with E-state index < -0.39 is 0 Å². The van der Waals surface area contributed by atoms with Crippen molar-refractivity contribution in [1.29, 1.82) is 0 Å². The zero-order valence-corrected chi connectivity index (χ0v) is 11.3. The average Bonchev–Trinajstić information content (AvgIpc) is 2.70. The van der Waals surface area contributed by atoms with E-state index in [2.05, 4.69) is 10.5 Å². The smallest absolute Gasteiger partial charge is 0.239 e. The van der Waals surface area contributed by atoms with Crippen molar-refractivity contribution < 1.29 is 9.32 Å². The van der Waals surface area contributed by atoms with Crippen LogP contribution in [0.5, 0.6) is 0 Å². The third-order valence-corrected chi connectivity index (χ3v) is 3.56. The van der Waals surface area contributed by atoms with Gasteiger partial charge in [0.2, 0.25) is 5.91 Å². The Bertz CT molecular complexity index is 402. The molecule has 1 N–H and O–H groups in total. The Hall–Kier alpha value is -1.36. The van der Waals surface area contributed by atoms with Crippen molar-refractivity contribution in [2.24, 2.45) is 0 Å². The largest absolute Gasteiger partial charge is 0.361 e. The molecule has 0 aliphatic carbocycles. The first kappa shape index (κ1) is 13.1. The van der Waals surface area contributed by atoms with E-state index in [4.69, 9.17) is 4.52 Å². The summed E-state index contributed by atoms with van der Waals surface area (Å²) in [6, 6.07) is -0.0239. The monoisotopic (exact) mass is 251 g/mol. The van der Waals surface area contributed by atoms with Gasteiger partial charge >= 0.3 is 0 Å². The fourth-order valence-corrected chi connectivity index (χ4v) is 2.37. The summed E-state index contributed by atoms with van der Waals surface area (Å²) < 4.78 is 5.12. The average molecular weight is 251 g/mol. The van der Waals surface area contributed by atoms with Crippen LogP contribution in [0.1, 0.15) is 36.3 Å². The molecule has 0 radical (unpaired) electrons. The second-order valence-electron chi connectivity index (χ2n) is 5.00. The van der Waals surface area contributed by atoms with Gasteiger partial charge in [-0.05, 0) is 33.2 Å². The first-order valence-electron chi connectivity index (χ1n) is 6.49. The Labute approximate surface area is 108 Å². The number of amides is 1. The van der Waals surface area contributed by atoms with E-state index in [0.29, 0.717) is 6.54 Å². The molecule has 0 saturated carbocycles. The first-order chi connectivity index (χ1) is 8.59. The number of hydrogen-bond donors (Lipinski definition) is 1. The standard InChI is InChI=1S/C13H21N3O2/c1-9-11(10(2)18-15-9)8-16(3)13(17)12-6-4-5-7-14-12/h12,14H,4-8H2,1-3H3/t12-/m1/s1. The van der Waals surface area contributed by atoms with E-state index in [9.17, 15) is 4.79 Å². The summed E-state index contributed by atoms with van der Waals surface area (Å²) >= 11 is 0. The highest BCUT2D eigenvalue weighted by molar-refractivity contribution is 5.81. The van der Waals surface area contributed by atoms with Crippen LogP contribution < -0.4 is 5.32 Å². The molecule has 1 amide bonds. The van der Waals surface area contributed by atoms with Crippen molar-refractivity contribution in [2.75, 3.05) is 13.6 Å². The van der Waals surface area contributed by atoms with Gasteiger partial charge in [-0.3, -0.25) is 4.79 Å². The highest BCUT2D eigenvalue weighted by atomic mass is 16.5. The Morgan fingerprint density at radius 3 is 2.83 bits per heavy atom. The number of nitrogens with zero attached hydrogens (tertiary/aromatic N) is 2. The molecule has 2 heterocycles. The second-order valence-corrected chi connectivity index (χ2v) is 5.00. The van der Waals surface area contributed by atoms with Gasteiger partial charge in [-0.1, -0.05) is 11.6 Å². The number of aromatic nitrogens is 1. The van der Waals surface area contributed by atoms with E-state index in [0.717, 1.165) is 42.8 Å². The fraction of sp³-hybridized carbons (Fsp3) is 0.692. The zero-order valence-electron chi connectivity index (χ0n) is 11.3. The van der Waals surface area contributed by atoms with Crippen molar-refractivity contribution in [3.05, 3.63) is 17.0 Å². The molecule has 1 saturated heterocycles. The van der Waals surface area contributed by atoms with Crippen molar-refractivity contribution in [3.8, 4) is 0 Å². The zero-order chi connectivity index (χ0) is 13.1. The highest BCUT2D eigenvalue weighted by Crippen LogP contribution is 2.16. The summed E-state index contributed by atoms with van der Waals surface area (Å²) in [5.41, 5.74) is 1.88. The van der Waals surface area contributed by atoms with Crippen molar-refractivity contribution >= 4 is 5.91 Å². The lowest BCUT2D eigenvalue weighted by Crippen LogP contribution is -2.47. The van der Waals surface area contributed by atoms with Crippen molar-refractivity contribution in [1.82, 2.24) is 15.4 Å². The van der Waals surface area contributed by atoms with Gasteiger partial charge in [0.1, 0.15) is 5.76 Å². The predicted octanol–water partition coefficient (Wildman–Crippen LogP) is 1.39. The Morgan fingerprint density at radius 2 is 2.28 bits per heavy atom. The molecule has 5 heteroatoms. The summed E-state index contributed by atoms with van der Waals surface area (Å²) in [4.78, 5) is 14.0. The highest BCUT2D eigenvalue weighted by Gasteiger charge is 2.24. The lowest BCUT2D eigenvalue weighted by atomic mass is 10.0. The van der Waals surface area contributed by atoms with Crippen LogP contribution >= 0.6 is 0 Å². The maximum absolute atomic E-state index is 12.3. The Morgan fingerprint density at radius 1 is 1.50 bits per heavy atom. The van der Waals surface area contributed by atoms with Gasteiger partial charge in [0.15, 0.2) is 0 Å². The molecule has 1 aromatic heterocycles. The first-order valence-corrected chi connectivity index (χ1v) is 6.49. The minimum atomic E-state index is -0.0239. The maximum Gasteiger partial charge on any atom is 0.239 e. The molecule has 1 aliphatic heterocycles. The molecule has 100 valence electrons. The van der Waals surface area contributed by atoms with Gasteiger partial charge in [-0.2, -0.15) is 0 Å². The third kappa shape index (κ3) is 2.72. The van der Waals surface area contributed by atoms with Crippen LogP contribution in [0.15, 0.2) is 4.52 Å². The van der Waals surface area contributed by atoms with Gasteiger partial charge in [0.25, 0.3) is 0 Å². The van der Waals surface area contributed by atoms with E-state index in [1.807, 2.05) is 20.9 Å². The second kappa shape index (κ2) is 5.52. The molecule has 0 bridgehead atoms. The van der Waals surface area contributed by atoms with Crippen molar-refractivity contribution in [3.63, 3.8) is 0 Å². The lowest BCUT2D eigenvalue weighted by Gasteiger charge is -2.27. The van der Waals surface area contributed by atoms with Gasteiger partial charge in [-0.25, -0.2) is 0 Å². The van der Waals surface area contributed by atoms with E-state index in [-0.39, 0.29) is 11.9 Å². The van der Waals surface area contributed by atoms with Gasteiger partial charge < -0.3 is 14.7 Å². The van der Waals surface area contributed by atoms with Crippen LogP contribution in [0, 0.1) is 13.8 Å². The summed E-state index contributed by atoms with van der Waals surface area (Å²) in [5, 5.41) is 7.19. The number of piperidine rings is 1. The molecule has 0 spiro atoms. The summed E-state index contributed by atoms with van der Waals surface area (Å²) in [6.07, 6.45) is 3.23. The number of rotatable bonds is 3. The normalized spacial score (nSPS) is 19.8. The van der Waals surface area contributed by atoms with E-state index in [1.54, 1.807) is 4.90 Å². The molecule has 0 aromatic carbocycles. The molecule has 1 aliphatic rings. The summed E-state index contributed by atoms with van der Waals surface area (Å²) in [5.74, 6) is 0.957. The van der Waals surface area contributed by atoms with E-state index >= 15 is 0 Å². The maximum atomic E-state index is 12.3. The van der Waals surface area contributed by atoms with Gasteiger partial charge in [-0.15, -0.1) is 0 Å². The summed E-state index contributed by atoms with van der Waals surface area (Å²) in [6.45, 7) is 5.29. The molecular weight excluding hydrogens is 230 g/mol. The minimum Gasteiger partial charge on any atom is -0.361 e. The minimum absolute atomic E-state index is 0.0239. The van der Waals surface area contributed by atoms with Crippen molar-refractivity contribution in [2.45, 2.75) is 45.7 Å². The molecule has 18 heavy (non-hydrogen) atoms. The van der Waals surface area contributed by atoms with Crippen LogP contribution in [-0.4, -0.2) is 35.6 Å². The molecule has 1 fully saturated rings. The molecule has 0 unspecified atom stereocenters. The van der Waals surface area contributed by atoms with E-state index in [1.165, 1.54) is 0 Å². The number of likely N-dealkylation sites (N-methyl/N-ethyl adjacent to an activating group) is 1. The summed E-state index contributed by atoms with van der Waals surface area (Å²) in [7, 11) is 1.84. The van der Waals surface area contributed by atoms with Gasteiger partial charge in [0.05, 0.1) is 18.3 Å². The molecular formula is C13H21N3O2. The van der Waals surface area contributed by atoms with Crippen LogP contribution in [0.4, 0.5) is 0 Å². The number of carbonyl (C=O) groups is 1. The van der Waals surface area contributed by atoms with Crippen LogP contribution in [0.25, 0.3) is 0 Å². The fourth-order valence-electron chi connectivity index (χ4n) is 2.37. The molecule has 1 aromatic rings. The van der Waals surface area contributed by atoms with Crippen LogP contribution in [0.2, 0.25) is 0 Å². The third-order valence-electron chi connectivity index (χ3n) is 3.56. The lowest BCUT2D eigenvalue weighted by molar-refractivity contribution is -0.133. The quantitative estimate of drug-likeness (QED) is 0.882. The Balaban J connectivity index is 1.98. The number of nitrogens with one attached hydrogen (secondary N) is 1.